The van der Waals surface area contributed by atoms with Crippen LogP contribution in [0.1, 0.15) is 40.7 Å². The summed E-state index contributed by atoms with van der Waals surface area (Å²) >= 11 is 0. The standard InChI is InChI=1S/C56H41NO/c1-38-35-45(33-34-46(38)41-19-7-3-8-20-41)57(44-31-29-40(30-32-44)39-17-5-2-6-18-39)52-36-43(37-54-55(52)49-25-13-16-28-53(49)58-54)56(42-21-9-4-10-22-42)50-26-14-11-23-47(50)48-24-12-15-27-51(48)56/h2-38,46H,1H3. The van der Waals surface area contributed by atoms with Gasteiger partial charge in [0.2, 0.25) is 0 Å². The summed E-state index contributed by atoms with van der Waals surface area (Å²) in [4.78, 5) is 2.47. The number of anilines is 2. The topological polar surface area (TPSA) is 16.4 Å². The summed E-state index contributed by atoms with van der Waals surface area (Å²) in [6, 6.07) is 72.8. The van der Waals surface area contributed by atoms with Gasteiger partial charge in [-0.1, -0.05) is 189 Å². The molecule has 0 saturated carbocycles. The zero-order chi connectivity index (χ0) is 38.6. The molecule has 0 spiro atoms. The van der Waals surface area contributed by atoms with Crippen molar-refractivity contribution in [3.63, 3.8) is 0 Å². The lowest BCUT2D eigenvalue weighted by Crippen LogP contribution is -2.29. The maximum Gasteiger partial charge on any atom is 0.137 e. The molecule has 0 bridgehead atoms. The molecule has 9 aromatic rings. The lowest BCUT2D eigenvalue weighted by atomic mass is 9.67. The maximum absolute atomic E-state index is 6.93. The summed E-state index contributed by atoms with van der Waals surface area (Å²) in [5.74, 6) is 0.540. The second kappa shape index (κ2) is 13.8. The third kappa shape index (κ3) is 5.33. The van der Waals surface area contributed by atoms with Crippen molar-refractivity contribution < 1.29 is 4.42 Å². The number of rotatable bonds is 7. The summed E-state index contributed by atoms with van der Waals surface area (Å²) in [6.07, 6.45) is 7.18. The molecule has 58 heavy (non-hydrogen) atoms. The van der Waals surface area contributed by atoms with Crippen LogP contribution in [0, 0.1) is 5.92 Å². The Hall–Kier alpha value is -7.16. The minimum Gasteiger partial charge on any atom is -0.456 e. The van der Waals surface area contributed by atoms with E-state index in [1.165, 1.54) is 50.1 Å². The monoisotopic (exact) mass is 743 g/mol. The molecule has 0 fully saturated rings. The first-order chi connectivity index (χ1) is 28.7. The van der Waals surface area contributed by atoms with Gasteiger partial charge >= 0.3 is 0 Å². The van der Waals surface area contributed by atoms with Crippen molar-refractivity contribution in [3.8, 4) is 22.3 Å². The van der Waals surface area contributed by atoms with Crippen molar-refractivity contribution >= 4 is 33.3 Å². The SMILES string of the molecule is CC1C=C(N(c2ccc(-c3ccccc3)cc2)c2cc(C3(c4ccccc4)c4ccccc4-c4ccccc43)cc3oc4ccccc4c23)C=CC1c1ccccc1. The van der Waals surface area contributed by atoms with Crippen molar-refractivity contribution in [2.45, 2.75) is 18.3 Å². The average Bonchev–Trinajstić information content (AvgIpc) is 3.82. The second-order valence-electron chi connectivity index (χ2n) is 15.7. The van der Waals surface area contributed by atoms with E-state index in [1.807, 2.05) is 0 Å². The summed E-state index contributed by atoms with van der Waals surface area (Å²) in [5, 5.41) is 2.20. The lowest BCUT2D eigenvalue weighted by molar-refractivity contribution is 0.628. The Bertz CT molecular complexity index is 2970. The van der Waals surface area contributed by atoms with Gasteiger partial charge in [-0.05, 0) is 92.4 Å². The highest BCUT2D eigenvalue weighted by atomic mass is 16.3. The molecule has 2 unspecified atom stereocenters. The van der Waals surface area contributed by atoms with E-state index in [2.05, 4.69) is 230 Å². The number of allylic oxidation sites excluding steroid dienone is 3. The fourth-order valence-electron chi connectivity index (χ4n) is 9.84. The quantitative estimate of drug-likeness (QED) is 0.162. The van der Waals surface area contributed by atoms with Gasteiger partial charge in [-0.25, -0.2) is 0 Å². The van der Waals surface area contributed by atoms with Crippen molar-refractivity contribution in [1.82, 2.24) is 0 Å². The molecular formula is C56H41NO. The van der Waals surface area contributed by atoms with Crippen LogP contribution in [0.3, 0.4) is 0 Å². The molecule has 0 saturated heterocycles. The Labute approximate surface area is 339 Å². The van der Waals surface area contributed by atoms with E-state index in [-0.39, 0.29) is 11.8 Å². The van der Waals surface area contributed by atoms with E-state index in [1.54, 1.807) is 0 Å². The van der Waals surface area contributed by atoms with Gasteiger partial charge in [0, 0.05) is 22.7 Å². The Morgan fingerprint density at radius 3 is 1.79 bits per heavy atom. The summed E-state index contributed by atoms with van der Waals surface area (Å²) in [7, 11) is 0. The first-order valence-electron chi connectivity index (χ1n) is 20.3. The fraction of sp³-hybridized carbons (Fsp3) is 0.0714. The molecule has 276 valence electrons. The van der Waals surface area contributed by atoms with Crippen molar-refractivity contribution in [2.75, 3.05) is 4.90 Å². The molecule has 2 aliphatic carbocycles. The largest absolute Gasteiger partial charge is 0.456 e. The van der Waals surface area contributed by atoms with E-state index in [0.29, 0.717) is 0 Å². The predicted molar refractivity (Wildman–Crippen MR) is 241 cm³/mol. The van der Waals surface area contributed by atoms with E-state index >= 15 is 0 Å². The van der Waals surface area contributed by atoms with Crippen molar-refractivity contribution in [2.24, 2.45) is 5.92 Å². The van der Waals surface area contributed by atoms with E-state index < -0.39 is 5.41 Å². The normalized spacial score (nSPS) is 16.5. The molecule has 2 aliphatic rings. The van der Waals surface area contributed by atoms with Gasteiger partial charge in [0.15, 0.2) is 0 Å². The van der Waals surface area contributed by atoms with Gasteiger partial charge < -0.3 is 9.32 Å². The van der Waals surface area contributed by atoms with Gasteiger partial charge in [0.1, 0.15) is 11.2 Å². The summed E-state index contributed by atoms with van der Waals surface area (Å²) in [6.45, 7) is 2.34. The first kappa shape index (κ1) is 34.1. The van der Waals surface area contributed by atoms with Crippen LogP contribution in [0.2, 0.25) is 0 Å². The molecule has 0 N–H and O–H groups in total. The van der Waals surface area contributed by atoms with Crippen LogP contribution in [-0.4, -0.2) is 0 Å². The smallest absolute Gasteiger partial charge is 0.137 e. The van der Waals surface area contributed by atoms with Gasteiger partial charge in [0.05, 0.1) is 16.5 Å². The molecule has 0 aliphatic heterocycles. The van der Waals surface area contributed by atoms with Gasteiger partial charge in [0.25, 0.3) is 0 Å². The van der Waals surface area contributed by atoms with Crippen LogP contribution in [0.15, 0.2) is 229 Å². The number of nitrogens with zero attached hydrogens (tertiary/aromatic N) is 1. The Morgan fingerprint density at radius 1 is 0.517 bits per heavy atom. The van der Waals surface area contributed by atoms with Gasteiger partial charge in [-0.2, -0.15) is 0 Å². The summed E-state index contributed by atoms with van der Waals surface area (Å²) in [5.41, 5.74) is 15.6. The lowest BCUT2D eigenvalue weighted by Gasteiger charge is -2.36. The van der Waals surface area contributed by atoms with Crippen LogP contribution in [0.4, 0.5) is 11.4 Å². The first-order valence-corrected chi connectivity index (χ1v) is 20.3. The Balaban J connectivity index is 1.21. The van der Waals surface area contributed by atoms with Gasteiger partial charge in [-0.15, -0.1) is 0 Å². The number of para-hydroxylation sites is 1. The minimum atomic E-state index is -0.596. The molecule has 11 rings (SSSR count). The van der Waals surface area contributed by atoms with Crippen LogP contribution < -0.4 is 4.90 Å². The highest BCUT2D eigenvalue weighted by molar-refractivity contribution is 6.13. The number of hydrogen-bond acceptors (Lipinski definition) is 2. The Kier molecular flexibility index (Phi) is 8.11. The van der Waals surface area contributed by atoms with E-state index in [4.69, 9.17) is 4.42 Å². The number of hydrogen-bond donors (Lipinski definition) is 0. The minimum absolute atomic E-state index is 0.262. The molecule has 8 aromatic carbocycles. The fourth-order valence-corrected chi connectivity index (χ4v) is 9.84. The molecule has 0 radical (unpaired) electrons. The van der Waals surface area contributed by atoms with E-state index in [0.717, 1.165) is 39.0 Å². The summed E-state index contributed by atoms with van der Waals surface area (Å²) < 4.78 is 6.93. The molecule has 2 atom stereocenters. The molecule has 2 nitrogen and oxygen atoms in total. The van der Waals surface area contributed by atoms with Gasteiger partial charge in [-0.3, -0.25) is 0 Å². The molecular weight excluding hydrogens is 703 g/mol. The zero-order valence-corrected chi connectivity index (χ0v) is 32.3. The molecule has 1 heterocycles. The highest BCUT2D eigenvalue weighted by Crippen LogP contribution is 2.58. The number of fused-ring (bicyclic) bond motifs is 6. The Morgan fingerprint density at radius 2 is 1.10 bits per heavy atom. The van der Waals surface area contributed by atoms with Crippen LogP contribution in [0.25, 0.3) is 44.2 Å². The third-order valence-corrected chi connectivity index (χ3v) is 12.4. The second-order valence-corrected chi connectivity index (χ2v) is 15.7. The molecule has 0 amide bonds. The third-order valence-electron chi connectivity index (χ3n) is 12.4. The van der Waals surface area contributed by atoms with Crippen molar-refractivity contribution in [3.05, 3.63) is 252 Å². The number of benzene rings is 8. The highest BCUT2D eigenvalue weighted by Gasteiger charge is 2.46. The zero-order valence-electron chi connectivity index (χ0n) is 32.3. The van der Waals surface area contributed by atoms with Crippen molar-refractivity contribution in [1.29, 1.82) is 0 Å². The molecule has 1 aromatic heterocycles. The van der Waals surface area contributed by atoms with Crippen LogP contribution in [-0.2, 0) is 5.41 Å². The predicted octanol–water partition coefficient (Wildman–Crippen LogP) is 14.6. The number of furan rings is 1. The average molecular weight is 744 g/mol. The van der Waals surface area contributed by atoms with E-state index in [9.17, 15) is 0 Å². The van der Waals surface area contributed by atoms with Crippen LogP contribution in [0.5, 0.6) is 0 Å². The van der Waals surface area contributed by atoms with Crippen LogP contribution >= 0.6 is 0 Å². The maximum atomic E-state index is 6.93. The molecule has 2 heteroatoms.